The molecule has 0 aliphatic rings. The monoisotopic (exact) mass is 202 g/mol. The number of rotatable bonds is 4. The fraction of sp³-hybridized carbons (Fsp3) is 0.500. The number of H-pyrrole nitrogens is 1. The Morgan fingerprint density at radius 1 is 1.69 bits per heavy atom. The molecule has 0 aliphatic heterocycles. The molecular formula is C8H11ClN2O2. The van der Waals surface area contributed by atoms with Crippen LogP contribution in [-0.2, 0) is 17.6 Å². The van der Waals surface area contributed by atoms with Gasteiger partial charge in [0.1, 0.15) is 11.0 Å². The van der Waals surface area contributed by atoms with Gasteiger partial charge in [0.15, 0.2) is 0 Å². The van der Waals surface area contributed by atoms with Crippen LogP contribution in [0.2, 0.25) is 5.15 Å². The molecule has 0 amide bonds. The first-order chi connectivity index (χ1) is 6.13. The average Bonchev–Trinajstić information content (AvgIpc) is 2.43. The minimum absolute atomic E-state index is 0.0764. The van der Waals surface area contributed by atoms with Crippen LogP contribution >= 0.6 is 11.6 Å². The second kappa shape index (κ2) is 4.28. The van der Waals surface area contributed by atoms with E-state index < -0.39 is 5.97 Å². The van der Waals surface area contributed by atoms with Crippen LogP contribution in [0.15, 0.2) is 0 Å². The van der Waals surface area contributed by atoms with E-state index in [9.17, 15) is 4.79 Å². The molecule has 1 rings (SSSR count). The van der Waals surface area contributed by atoms with Gasteiger partial charge in [-0.1, -0.05) is 18.5 Å². The molecule has 0 fully saturated rings. The molecule has 0 spiro atoms. The second-order valence-electron chi connectivity index (χ2n) is 2.70. The highest BCUT2D eigenvalue weighted by Gasteiger charge is 2.07. The van der Waals surface area contributed by atoms with E-state index >= 15 is 0 Å². The number of aromatic amines is 1. The molecule has 1 heterocycles. The van der Waals surface area contributed by atoms with E-state index in [1.165, 1.54) is 0 Å². The van der Waals surface area contributed by atoms with E-state index in [0.717, 1.165) is 12.1 Å². The maximum Gasteiger partial charge on any atom is 0.303 e. The quantitative estimate of drug-likeness (QED) is 0.780. The van der Waals surface area contributed by atoms with Crippen molar-refractivity contribution in [3.63, 3.8) is 0 Å². The van der Waals surface area contributed by atoms with Gasteiger partial charge in [0.05, 0.1) is 12.1 Å². The molecule has 0 saturated heterocycles. The predicted octanol–water partition coefficient (Wildman–Crippen LogP) is 1.64. The summed E-state index contributed by atoms with van der Waals surface area (Å²) in [6, 6.07) is 0. The maximum absolute atomic E-state index is 10.3. The van der Waals surface area contributed by atoms with Crippen molar-refractivity contribution in [2.45, 2.75) is 26.2 Å². The standard InChI is InChI=1S/C8H11ClN2O2/c1-2-5-8(9)11-6(10-5)3-4-7(12)13/h2-4H2,1H3,(H,10,11)(H,12,13). The van der Waals surface area contributed by atoms with Gasteiger partial charge in [-0.25, -0.2) is 4.98 Å². The van der Waals surface area contributed by atoms with Gasteiger partial charge >= 0.3 is 5.97 Å². The molecule has 2 N–H and O–H groups in total. The van der Waals surface area contributed by atoms with Gasteiger partial charge in [-0.3, -0.25) is 4.79 Å². The smallest absolute Gasteiger partial charge is 0.303 e. The number of aliphatic carboxylic acids is 1. The highest BCUT2D eigenvalue weighted by Crippen LogP contribution is 2.13. The molecule has 13 heavy (non-hydrogen) atoms. The molecule has 0 aromatic carbocycles. The van der Waals surface area contributed by atoms with Gasteiger partial charge in [0.25, 0.3) is 0 Å². The molecule has 4 nitrogen and oxygen atoms in total. The summed E-state index contributed by atoms with van der Waals surface area (Å²) >= 11 is 5.77. The number of imidazole rings is 1. The predicted molar refractivity (Wildman–Crippen MR) is 48.9 cm³/mol. The third-order valence-electron chi connectivity index (χ3n) is 1.71. The van der Waals surface area contributed by atoms with Crippen molar-refractivity contribution < 1.29 is 9.90 Å². The third kappa shape index (κ3) is 2.73. The van der Waals surface area contributed by atoms with Crippen LogP contribution in [0.1, 0.15) is 24.9 Å². The van der Waals surface area contributed by atoms with Gasteiger partial charge in [-0.2, -0.15) is 0 Å². The number of carboxylic acid groups (broad SMARTS) is 1. The van der Waals surface area contributed by atoms with E-state index in [-0.39, 0.29) is 6.42 Å². The normalized spacial score (nSPS) is 10.3. The summed E-state index contributed by atoms with van der Waals surface area (Å²) in [5, 5.41) is 8.88. The van der Waals surface area contributed by atoms with Gasteiger partial charge in [0.2, 0.25) is 0 Å². The molecule has 0 unspecified atom stereocenters. The first-order valence-electron chi connectivity index (χ1n) is 4.08. The highest BCUT2D eigenvalue weighted by molar-refractivity contribution is 6.30. The summed E-state index contributed by atoms with van der Waals surface area (Å²) in [6.07, 6.45) is 1.25. The van der Waals surface area contributed by atoms with Crippen molar-refractivity contribution in [2.75, 3.05) is 0 Å². The molecule has 1 aromatic rings. The van der Waals surface area contributed by atoms with Crippen LogP contribution in [0.3, 0.4) is 0 Å². The van der Waals surface area contributed by atoms with Crippen LogP contribution in [0.25, 0.3) is 0 Å². The van der Waals surface area contributed by atoms with Gasteiger partial charge in [-0.05, 0) is 6.42 Å². The molecule has 0 bridgehead atoms. The first-order valence-corrected chi connectivity index (χ1v) is 4.46. The lowest BCUT2D eigenvalue weighted by atomic mass is 10.3. The van der Waals surface area contributed by atoms with Crippen molar-refractivity contribution >= 4 is 17.6 Å². The Labute approximate surface area is 80.9 Å². The molecule has 0 radical (unpaired) electrons. The molecule has 0 aliphatic carbocycles. The Morgan fingerprint density at radius 3 is 2.85 bits per heavy atom. The molecule has 1 aromatic heterocycles. The van der Waals surface area contributed by atoms with Crippen molar-refractivity contribution in [3.05, 3.63) is 16.7 Å². The SMILES string of the molecule is CCc1[nH]c(CCC(=O)O)nc1Cl. The van der Waals surface area contributed by atoms with Gasteiger partial charge in [-0.15, -0.1) is 0 Å². The molecule has 0 atom stereocenters. The maximum atomic E-state index is 10.3. The number of nitrogens with zero attached hydrogens (tertiary/aromatic N) is 1. The zero-order chi connectivity index (χ0) is 9.84. The van der Waals surface area contributed by atoms with Crippen molar-refractivity contribution in [1.29, 1.82) is 0 Å². The van der Waals surface area contributed by atoms with Gasteiger partial charge in [0, 0.05) is 6.42 Å². The Balaban J connectivity index is 2.62. The summed E-state index contributed by atoms with van der Waals surface area (Å²) in [6.45, 7) is 1.96. The fourth-order valence-corrected chi connectivity index (χ4v) is 1.30. The summed E-state index contributed by atoms with van der Waals surface area (Å²) in [5.41, 5.74) is 0.863. The summed E-state index contributed by atoms with van der Waals surface area (Å²) in [4.78, 5) is 17.2. The number of hydrogen-bond donors (Lipinski definition) is 2. The fourth-order valence-electron chi connectivity index (χ4n) is 1.02. The lowest BCUT2D eigenvalue weighted by Gasteiger charge is -1.91. The van der Waals surface area contributed by atoms with Crippen LogP contribution in [-0.4, -0.2) is 21.0 Å². The van der Waals surface area contributed by atoms with Crippen LogP contribution < -0.4 is 0 Å². The average molecular weight is 203 g/mol. The number of aryl methyl sites for hydroxylation is 2. The Morgan fingerprint density at radius 2 is 2.38 bits per heavy atom. The molecule has 5 heteroatoms. The van der Waals surface area contributed by atoms with E-state index in [0.29, 0.717) is 17.4 Å². The van der Waals surface area contributed by atoms with Crippen molar-refractivity contribution in [2.24, 2.45) is 0 Å². The Hall–Kier alpha value is -1.03. The summed E-state index contributed by atoms with van der Waals surface area (Å²) in [7, 11) is 0. The number of hydrogen-bond acceptors (Lipinski definition) is 2. The molecular weight excluding hydrogens is 192 g/mol. The van der Waals surface area contributed by atoms with Crippen molar-refractivity contribution in [3.8, 4) is 0 Å². The number of carbonyl (C=O) groups is 1. The van der Waals surface area contributed by atoms with Crippen LogP contribution in [0.5, 0.6) is 0 Å². The van der Waals surface area contributed by atoms with E-state index in [4.69, 9.17) is 16.7 Å². The Kier molecular flexibility index (Phi) is 3.31. The zero-order valence-electron chi connectivity index (χ0n) is 7.30. The van der Waals surface area contributed by atoms with Crippen molar-refractivity contribution in [1.82, 2.24) is 9.97 Å². The largest absolute Gasteiger partial charge is 0.481 e. The molecule has 0 saturated carbocycles. The van der Waals surface area contributed by atoms with E-state index in [1.807, 2.05) is 6.92 Å². The number of halogens is 1. The van der Waals surface area contributed by atoms with E-state index in [1.54, 1.807) is 0 Å². The first kappa shape index (κ1) is 10.1. The van der Waals surface area contributed by atoms with Crippen LogP contribution in [0.4, 0.5) is 0 Å². The lowest BCUT2D eigenvalue weighted by Crippen LogP contribution is -1.98. The highest BCUT2D eigenvalue weighted by atomic mass is 35.5. The minimum atomic E-state index is -0.828. The number of carboxylic acids is 1. The van der Waals surface area contributed by atoms with E-state index in [2.05, 4.69) is 9.97 Å². The topological polar surface area (TPSA) is 66.0 Å². The lowest BCUT2D eigenvalue weighted by molar-refractivity contribution is -0.137. The second-order valence-corrected chi connectivity index (χ2v) is 3.06. The molecule has 72 valence electrons. The summed E-state index contributed by atoms with van der Waals surface area (Å²) < 4.78 is 0. The number of nitrogens with one attached hydrogen (secondary N) is 1. The Bertz CT molecular complexity index is 309. The van der Waals surface area contributed by atoms with Crippen LogP contribution in [0, 0.1) is 0 Å². The zero-order valence-corrected chi connectivity index (χ0v) is 8.06. The summed E-state index contributed by atoms with van der Waals surface area (Å²) in [5.74, 6) is -0.185. The number of aromatic nitrogens is 2. The minimum Gasteiger partial charge on any atom is -0.481 e. The third-order valence-corrected chi connectivity index (χ3v) is 2.02. The van der Waals surface area contributed by atoms with Gasteiger partial charge < -0.3 is 10.1 Å².